The molecule has 0 saturated carbocycles. The number of allylic oxidation sites excluding steroid dienone is 1. The number of nitrogens with one attached hydrogen (secondary N) is 1. The summed E-state index contributed by atoms with van der Waals surface area (Å²) in [6.07, 6.45) is 7.48. The van der Waals surface area contributed by atoms with E-state index >= 15 is 0 Å². The van der Waals surface area contributed by atoms with Gasteiger partial charge in [0.15, 0.2) is 0 Å². The fourth-order valence-corrected chi connectivity index (χ4v) is 3.96. The Morgan fingerprint density at radius 2 is 2.18 bits per heavy atom. The summed E-state index contributed by atoms with van der Waals surface area (Å²) >= 11 is 0. The van der Waals surface area contributed by atoms with Gasteiger partial charge in [0.25, 0.3) is 5.91 Å². The van der Waals surface area contributed by atoms with E-state index in [-0.39, 0.29) is 12.0 Å². The maximum atomic E-state index is 14.2. The quantitative estimate of drug-likeness (QED) is 0.811. The van der Waals surface area contributed by atoms with Crippen LogP contribution in [0.25, 0.3) is 16.7 Å². The maximum Gasteiger partial charge on any atom is 0.251 e. The normalized spacial score (nSPS) is 21.6. The molecule has 5 heteroatoms. The number of nitrogens with zero attached hydrogens (tertiary/aromatic N) is 1. The van der Waals surface area contributed by atoms with E-state index in [1.807, 2.05) is 24.3 Å². The highest BCUT2D eigenvalue weighted by molar-refractivity contribution is 6.20. The van der Waals surface area contributed by atoms with E-state index in [1.165, 1.54) is 6.20 Å². The number of aromatic nitrogens is 1. The Morgan fingerprint density at radius 3 is 2.96 bits per heavy atom. The van der Waals surface area contributed by atoms with Crippen LogP contribution in [0.4, 0.5) is 4.39 Å². The Labute approximate surface area is 164 Å². The number of hydrogen-bond acceptors (Lipinski definition) is 3. The third kappa shape index (κ3) is 3.99. The highest BCUT2D eigenvalue weighted by atomic mass is 19.1. The first-order chi connectivity index (χ1) is 13.6. The van der Waals surface area contributed by atoms with Crippen molar-refractivity contribution in [3.8, 4) is 11.1 Å². The summed E-state index contributed by atoms with van der Waals surface area (Å²) in [7, 11) is 0. The van der Waals surface area contributed by atoms with Crippen LogP contribution in [-0.4, -0.2) is 30.1 Å². The van der Waals surface area contributed by atoms with Gasteiger partial charge >= 0.3 is 0 Å². The molecule has 2 atom stereocenters. The molecule has 2 aromatic rings. The zero-order valence-corrected chi connectivity index (χ0v) is 16.1. The lowest BCUT2D eigenvalue weighted by molar-refractivity contribution is -0.116. The van der Waals surface area contributed by atoms with Gasteiger partial charge < -0.3 is 10.1 Å². The molecule has 2 heterocycles. The van der Waals surface area contributed by atoms with E-state index in [0.717, 1.165) is 49.0 Å². The maximum absolute atomic E-state index is 14.2. The van der Waals surface area contributed by atoms with Crippen molar-refractivity contribution in [3.63, 3.8) is 0 Å². The molecule has 1 aliphatic carbocycles. The number of halogens is 1. The van der Waals surface area contributed by atoms with Crippen molar-refractivity contribution in [2.75, 3.05) is 13.2 Å². The Hall–Kier alpha value is -2.53. The summed E-state index contributed by atoms with van der Waals surface area (Å²) in [6.45, 7) is 3.42. The van der Waals surface area contributed by atoms with E-state index in [0.29, 0.717) is 23.6 Å². The first-order valence-electron chi connectivity index (χ1n) is 9.97. The SMILES string of the molecule is CC1C=C(C(=O)NCC2CCCO2)c2cc(-c3cccnc3F)ccc2CC1. The summed E-state index contributed by atoms with van der Waals surface area (Å²) in [6, 6.07) is 9.28. The largest absolute Gasteiger partial charge is 0.376 e. The lowest BCUT2D eigenvalue weighted by Crippen LogP contribution is -2.32. The third-order valence-electron chi connectivity index (χ3n) is 5.55. The highest BCUT2D eigenvalue weighted by Crippen LogP contribution is 2.32. The van der Waals surface area contributed by atoms with Crippen LogP contribution >= 0.6 is 0 Å². The molecule has 1 saturated heterocycles. The molecule has 1 aromatic heterocycles. The molecular weight excluding hydrogens is 355 g/mol. The minimum absolute atomic E-state index is 0.0886. The van der Waals surface area contributed by atoms with Crippen LogP contribution in [0.3, 0.4) is 0 Å². The summed E-state index contributed by atoms with van der Waals surface area (Å²) in [5, 5.41) is 3.04. The monoisotopic (exact) mass is 380 g/mol. The van der Waals surface area contributed by atoms with Crippen LogP contribution in [0.2, 0.25) is 0 Å². The van der Waals surface area contributed by atoms with Gasteiger partial charge in [-0.25, -0.2) is 4.98 Å². The van der Waals surface area contributed by atoms with E-state index in [4.69, 9.17) is 4.74 Å². The molecular formula is C23H25FN2O2. The van der Waals surface area contributed by atoms with Crippen molar-refractivity contribution >= 4 is 11.5 Å². The number of ether oxygens (including phenoxy) is 1. The van der Waals surface area contributed by atoms with E-state index < -0.39 is 5.95 Å². The zero-order valence-electron chi connectivity index (χ0n) is 16.1. The van der Waals surface area contributed by atoms with E-state index in [1.54, 1.807) is 12.1 Å². The van der Waals surface area contributed by atoms with Crippen LogP contribution in [0.5, 0.6) is 0 Å². The summed E-state index contributed by atoms with van der Waals surface area (Å²) in [5.74, 6) is -0.290. The summed E-state index contributed by atoms with van der Waals surface area (Å²) < 4.78 is 19.8. The molecule has 1 fully saturated rings. The Balaban J connectivity index is 1.66. The van der Waals surface area contributed by atoms with Crippen LogP contribution in [0.1, 0.15) is 37.3 Å². The first kappa shape index (κ1) is 18.8. The first-order valence-corrected chi connectivity index (χ1v) is 9.97. The van der Waals surface area contributed by atoms with Crippen molar-refractivity contribution in [1.82, 2.24) is 10.3 Å². The molecule has 146 valence electrons. The molecule has 0 spiro atoms. The Kier molecular flexibility index (Phi) is 5.53. The zero-order chi connectivity index (χ0) is 19.5. The number of rotatable bonds is 4. The van der Waals surface area contributed by atoms with Gasteiger partial charge in [-0.1, -0.05) is 25.1 Å². The smallest absolute Gasteiger partial charge is 0.251 e. The van der Waals surface area contributed by atoms with Crippen molar-refractivity contribution in [2.45, 2.75) is 38.7 Å². The number of aryl methyl sites for hydroxylation is 1. The minimum atomic E-state index is -0.502. The third-order valence-corrected chi connectivity index (χ3v) is 5.55. The number of carbonyl (C=O) groups excluding carboxylic acids is 1. The number of pyridine rings is 1. The predicted octanol–water partition coefficient (Wildman–Crippen LogP) is 4.15. The van der Waals surface area contributed by atoms with Crippen molar-refractivity contribution < 1.29 is 13.9 Å². The highest BCUT2D eigenvalue weighted by Gasteiger charge is 2.23. The number of benzene rings is 1. The average Bonchev–Trinajstić information content (AvgIpc) is 3.17. The second kappa shape index (κ2) is 8.23. The number of carbonyl (C=O) groups is 1. The lowest BCUT2D eigenvalue weighted by atomic mass is 9.94. The summed E-state index contributed by atoms with van der Waals surface area (Å²) in [5.41, 5.74) is 3.86. The molecule has 2 unspecified atom stereocenters. The molecule has 4 rings (SSSR count). The van der Waals surface area contributed by atoms with Gasteiger partial charge in [0.1, 0.15) is 0 Å². The van der Waals surface area contributed by atoms with Gasteiger partial charge in [-0.3, -0.25) is 4.79 Å². The molecule has 0 radical (unpaired) electrons. The number of amides is 1. The fraction of sp³-hybridized carbons (Fsp3) is 0.391. The van der Waals surface area contributed by atoms with Crippen molar-refractivity contribution in [3.05, 3.63) is 59.7 Å². The standard InChI is InChI=1S/C23H25FN2O2/c1-15-6-7-16-8-9-17(19-5-2-10-25-22(19)24)13-20(16)21(12-15)23(27)26-14-18-4-3-11-28-18/h2,5,8-10,12-13,15,18H,3-4,6-7,11,14H2,1H3,(H,26,27). The second-order valence-electron chi connectivity index (χ2n) is 7.66. The van der Waals surface area contributed by atoms with Crippen LogP contribution in [0, 0.1) is 11.9 Å². The van der Waals surface area contributed by atoms with Crippen LogP contribution < -0.4 is 5.32 Å². The average molecular weight is 380 g/mol. The molecule has 0 bridgehead atoms. The van der Waals surface area contributed by atoms with E-state index in [2.05, 4.69) is 17.2 Å². The summed E-state index contributed by atoms with van der Waals surface area (Å²) in [4.78, 5) is 16.8. The lowest BCUT2D eigenvalue weighted by Gasteiger charge is -2.15. The minimum Gasteiger partial charge on any atom is -0.376 e. The van der Waals surface area contributed by atoms with Gasteiger partial charge in [-0.05, 0) is 66.5 Å². The molecule has 1 N–H and O–H groups in total. The fourth-order valence-electron chi connectivity index (χ4n) is 3.96. The van der Waals surface area contributed by atoms with Gasteiger partial charge in [0, 0.05) is 30.5 Å². The van der Waals surface area contributed by atoms with E-state index in [9.17, 15) is 9.18 Å². The molecule has 1 aromatic carbocycles. The predicted molar refractivity (Wildman–Crippen MR) is 107 cm³/mol. The molecule has 1 amide bonds. The van der Waals surface area contributed by atoms with Gasteiger partial charge in [-0.2, -0.15) is 4.39 Å². The topological polar surface area (TPSA) is 51.2 Å². The van der Waals surface area contributed by atoms with Crippen LogP contribution in [-0.2, 0) is 16.0 Å². The second-order valence-corrected chi connectivity index (χ2v) is 7.66. The molecule has 2 aliphatic rings. The Morgan fingerprint density at radius 1 is 1.29 bits per heavy atom. The Bertz CT molecular complexity index is 903. The van der Waals surface area contributed by atoms with Gasteiger partial charge in [-0.15, -0.1) is 0 Å². The van der Waals surface area contributed by atoms with Gasteiger partial charge in [0.05, 0.1) is 6.10 Å². The van der Waals surface area contributed by atoms with Crippen LogP contribution in [0.15, 0.2) is 42.6 Å². The number of fused-ring (bicyclic) bond motifs is 1. The number of hydrogen-bond donors (Lipinski definition) is 1. The van der Waals surface area contributed by atoms with Crippen molar-refractivity contribution in [1.29, 1.82) is 0 Å². The molecule has 28 heavy (non-hydrogen) atoms. The van der Waals surface area contributed by atoms with Gasteiger partial charge in [0.2, 0.25) is 5.95 Å². The molecule has 1 aliphatic heterocycles. The van der Waals surface area contributed by atoms with Crippen molar-refractivity contribution in [2.24, 2.45) is 5.92 Å². The molecule has 4 nitrogen and oxygen atoms in total.